The zero-order valence-corrected chi connectivity index (χ0v) is 10.6. The van der Waals surface area contributed by atoms with Gasteiger partial charge in [-0.25, -0.2) is 0 Å². The van der Waals surface area contributed by atoms with E-state index in [9.17, 15) is 0 Å². The largest absolute Gasteiger partial charge is 0.380 e. The van der Waals surface area contributed by atoms with Crippen LogP contribution in [0.1, 0.15) is 31.4 Å². The summed E-state index contributed by atoms with van der Waals surface area (Å²) in [6.45, 7) is 5.09. The van der Waals surface area contributed by atoms with Gasteiger partial charge in [0.05, 0.1) is 6.61 Å². The highest BCUT2D eigenvalue weighted by Crippen LogP contribution is 2.14. The minimum absolute atomic E-state index is 0.248. The number of ether oxygens (including phenoxy) is 1. The maximum absolute atomic E-state index is 6.13. The lowest BCUT2D eigenvalue weighted by Crippen LogP contribution is -2.25. The first kappa shape index (κ1) is 13.2. The van der Waals surface area contributed by atoms with Crippen LogP contribution in [0.25, 0.3) is 0 Å². The molecular formula is C14H23NO. The first-order valence-electron chi connectivity index (χ1n) is 5.94. The van der Waals surface area contributed by atoms with Crippen molar-refractivity contribution in [2.24, 2.45) is 11.7 Å². The van der Waals surface area contributed by atoms with Crippen molar-refractivity contribution in [3.8, 4) is 0 Å². The van der Waals surface area contributed by atoms with Crippen LogP contribution in [0.4, 0.5) is 0 Å². The van der Waals surface area contributed by atoms with Gasteiger partial charge in [0.25, 0.3) is 0 Å². The Morgan fingerprint density at radius 3 is 2.38 bits per heavy atom. The third-order valence-corrected chi connectivity index (χ3v) is 2.67. The number of benzene rings is 1. The second-order valence-corrected chi connectivity index (χ2v) is 4.80. The van der Waals surface area contributed by atoms with Gasteiger partial charge in [-0.2, -0.15) is 0 Å². The summed E-state index contributed by atoms with van der Waals surface area (Å²) in [5.74, 6) is 0.657. The van der Waals surface area contributed by atoms with Crippen LogP contribution in [0, 0.1) is 5.92 Å². The van der Waals surface area contributed by atoms with Gasteiger partial charge < -0.3 is 10.5 Å². The van der Waals surface area contributed by atoms with Crippen molar-refractivity contribution in [2.45, 2.75) is 39.3 Å². The molecule has 0 radical (unpaired) electrons. The lowest BCUT2D eigenvalue weighted by molar-refractivity contribution is 0.184. The topological polar surface area (TPSA) is 35.2 Å². The van der Waals surface area contributed by atoms with E-state index < -0.39 is 0 Å². The van der Waals surface area contributed by atoms with E-state index in [1.807, 2.05) is 6.07 Å². The van der Waals surface area contributed by atoms with E-state index in [-0.39, 0.29) is 6.04 Å². The second-order valence-electron chi connectivity index (χ2n) is 4.80. The fourth-order valence-electron chi connectivity index (χ4n) is 2.02. The summed E-state index contributed by atoms with van der Waals surface area (Å²) in [6, 6.07) is 8.62. The van der Waals surface area contributed by atoms with E-state index in [2.05, 4.69) is 32.0 Å². The highest BCUT2D eigenvalue weighted by Gasteiger charge is 2.09. The fourth-order valence-corrected chi connectivity index (χ4v) is 2.02. The predicted molar refractivity (Wildman–Crippen MR) is 68.3 cm³/mol. The molecule has 16 heavy (non-hydrogen) atoms. The maximum atomic E-state index is 6.13. The molecule has 0 aliphatic heterocycles. The third kappa shape index (κ3) is 4.33. The van der Waals surface area contributed by atoms with Crippen LogP contribution >= 0.6 is 0 Å². The standard InChI is InChI=1S/C14H23NO/c1-11(2)8-14(15)9-12-6-4-5-7-13(12)10-16-3/h4-7,11,14H,8-10,15H2,1-3H3. The highest BCUT2D eigenvalue weighted by molar-refractivity contribution is 5.27. The Bertz CT molecular complexity index is 309. The molecular weight excluding hydrogens is 198 g/mol. The Kier molecular flexibility index (Phi) is 5.50. The monoisotopic (exact) mass is 221 g/mol. The fraction of sp³-hybridized carbons (Fsp3) is 0.571. The Balaban J connectivity index is 2.64. The highest BCUT2D eigenvalue weighted by atomic mass is 16.5. The molecule has 2 N–H and O–H groups in total. The molecule has 1 aromatic carbocycles. The van der Waals surface area contributed by atoms with Crippen molar-refractivity contribution in [3.05, 3.63) is 35.4 Å². The van der Waals surface area contributed by atoms with Crippen molar-refractivity contribution in [2.75, 3.05) is 7.11 Å². The van der Waals surface area contributed by atoms with E-state index in [1.165, 1.54) is 11.1 Å². The summed E-state index contributed by atoms with van der Waals surface area (Å²) >= 11 is 0. The summed E-state index contributed by atoms with van der Waals surface area (Å²) in [4.78, 5) is 0. The molecule has 2 nitrogen and oxygen atoms in total. The number of rotatable bonds is 6. The smallest absolute Gasteiger partial charge is 0.0715 e. The first-order chi connectivity index (χ1) is 7.63. The molecule has 1 aromatic rings. The zero-order chi connectivity index (χ0) is 12.0. The Labute approximate surface area is 98.8 Å². The minimum atomic E-state index is 0.248. The van der Waals surface area contributed by atoms with E-state index >= 15 is 0 Å². The van der Waals surface area contributed by atoms with Gasteiger partial charge in [0.1, 0.15) is 0 Å². The molecule has 0 aromatic heterocycles. The average Bonchev–Trinajstić information content (AvgIpc) is 2.20. The van der Waals surface area contributed by atoms with Crippen LogP contribution in [0.3, 0.4) is 0 Å². The van der Waals surface area contributed by atoms with Crippen LogP contribution in [0.2, 0.25) is 0 Å². The zero-order valence-electron chi connectivity index (χ0n) is 10.6. The van der Waals surface area contributed by atoms with Crippen molar-refractivity contribution < 1.29 is 4.74 Å². The minimum Gasteiger partial charge on any atom is -0.380 e. The molecule has 0 aliphatic carbocycles. The van der Waals surface area contributed by atoms with E-state index in [1.54, 1.807) is 7.11 Å². The number of nitrogens with two attached hydrogens (primary N) is 1. The summed E-state index contributed by atoms with van der Waals surface area (Å²) < 4.78 is 5.19. The Morgan fingerprint density at radius 1 is 1.19 bits per heavy atom. The summed E-state index contributed by atoms with van der Waals surface area (Å²) in [5, 5.41) is 0. The van der Waals surface area contributed by atoms with Gasteiger partial charge in [0.2, 0.25) is 0 Å². The number of hydrogen-bond acceptors (Lipinski definition) is 2. The van der Waals surface area contributed by atoms with Crippen LogP contribution in [0.5, 0.6) is 0 Å². The molecule has 1 unspecified atom stereocenters. The van der Waals surface area contributed by atoms with E-state index in [0.717, 1.165) is 12.8 Å². The normalized spacial score (nSPS) is 13.1. The van der Waals surface area contributed by atoms with Crippen LogP contribution < -0.4 is 5.73 Å². The van der Waals surface area contributed by atoms with Crippen LogP contribution in [0.15, 0.2) is 24.3 Å². The molecule has 0 aliphatic rings. The maximum Gasteiger partial charge on any atom is 0.0715 e. The van der Waals surface area contributed by atoms with Gasteiger partial charge in [0, 0.05) is 13.2 Å². The Hall–Kier alpha value is -0.860. The van der Waals surface area contributed by atoms with Crippen LogP contribution in [-0.4, -0.2) is 13.2 Å². The molecule has 2 heteroatoms. The lowest BCUT2D eigenvalue weighted by Gasteiger charge is -2.16. The molecule has 0 bridgehead atoms. The number of hydrogen-bond donors (Lipinski definition) is 1. The average molecular weight is 221 g/mol. The van der Waals surface area contributed by atoms with Crippen molar-refractivity contribution >= 4 is 0 Å². The third-order valence-electron chi connectivity index (χ3n) is 2.67. The van der Waals surface area contributed by atoms with Gasteiger partial charge in [0.15, 0.2) is 0 Å². The molecule has 0 saturated carbocycles. The molecule has 90 valence electrons. The lowest BCUT2D eigenvalue weighted by atomic mass is 9.95. The summed E-state index contributed by atoms with van der Waals surface area (Å²) in [5.41, 5.74) is 8.70. The molecule has 0 amide bonds. The Morgan fingerprint density at radius 2 is 1.81 bits per heavy atom. The van der Waals surface area contributed by atoms with Crippen molar-refractivity contribution in [3.63, 3.8) is 0 Å². The van der Waals surface area contributed by atoms with E-state index in [4.69, 9.17) is 10.5 Å². The molecule has 0 heterocycles. The first-order valence-corrected chi connectivity index (χ1v) is 5.94. The number of methoxy groups -OCH3 is 1. The van der Waals surface area contributed by atoms with Crippen molar-refractivity contribution in [1.82, 2.24) is 0 Å². The van der Waals surface area contributed by atoms with Gasteiger partial charge in [-0.1, -0.05) is 38.1 Å². The van der Waals surface area contributed by atoms with Gasteiger partial charge in [-0.05, 0) is 29.9 Å². The van der Waals surface area contributed by atoms with E-state index in [0.29, 0.717) is 12.5 Å². The quantitative estimate of drug-likeness (QED) is 0.801. The van der Waals surface area contributed by atoms with Crippen molar-refractivity contribution in [1.29, 1.82) is 0 Å². The van der Waals surface area contributed by atoms with Gasteiger partial charge >= 0.3 is 0 Å². The summed E-state index contributed by atoms with van der Waals surface area (Å²) in [6.07, 6.45) is 2.01. The van der Waals surface area contributed by atoms with Gasteiger partial charge in [-0.3, -0.25) is 0 Å². The molecule has 1 atom stereocenters. The van der Waals surface area contributed by atoms with Gasteiger partial charge in [-0.15, -0.1) is 0 Å². The molecule has 0 fully saturated rings. The second kappa shape index (κ2) is 6.66. The van der Waals surface area contributed by atoms with Crippen LogP contribution in [-0.2, 0) is 17.8 Å². The molecule has 0 spiro atoms. The summed E-state index contributed by atoms with van der Waals surface area (Å²) in [7, 11) is 1.73. The predicted octanol–water partition coefficient (Wildman–Crippen LogP) is 2.75. The molecule has 1 rings (SSSR count). The SMILES string of the molecule is COCc1ccccc1CC(N)CC(C)C. The molecule has 0 saturated heterocycles.